The van der Waals surface area contributed by atoms with E-state index in [0.29, 0.717) is 38.9 Å². The molecule has 26 heavy (non-hydrogen) atoms. The molecule has 1 aromatic carbocycles. The highest BCUT2D eigenvalue weighted by atomic mass is 16.4. The van der Waals surface area contributed by atoms with E-state index < -0.39 is 18.1 Å². The van der Waals surface area contributed by atoms with Crippen LogP contribution in [-0.4, -0.2) is 50.6 Å². The first-order valence-corrected chi connectivity index (χ1v) is 8.62. The molecule has 1 unspecified atom stereocenters. The molecule has 0 spiro atoms. The number of aliphatic carboxylic acids is 1. The van der Waals surface area contributed by atoms with Crippen molar-refractivity contribution in [2.24, 2.45) is 0 Å². The minimum Gasteiger partial charge on any atom is -0.480 e. The molecule has 0 saturated carbocycles. The van der Waals surface area contributed by atoms with Crippen LogP contribution in [0.2, 0.25) is 0 Å². The number of carboxylic acid groups (broad SMARTS) is 2. The van der Waals surface area contributed by atoms with E-state index in [-0.39, 0.29) is 5.91 Å². The summed E-state index contributed by atoms with van der Waals surface area (Å²) >= 11 is 0. The van der Waals surface area contributed by atoms with Crippen molar-refractivity contribution in [3.63, 3.8) is 0 Å². The summed E-state index contributed by atoms with van der Waals surface area (Å²) < 4.78 is 0. The second kappa shape index (κ2) is 9.03. The Kier molecular flexibility index (Phi) is 6.77. The SMILES string of the molecule is C=CCCC(=O)N1CCCC1C(=O)O.O=C(O)N1Cc2ccccc2C1. The maximum absolute atomic E-state index is 11.5. The molecule has 7 nitrogen and oxygen atoms in total. The zero-order chi connectivity index (χ0) is 19.1. The molecule has 2 aliphatic rings. The number of amides is 2. The number of fused-ring (bicyclic) bond motifs is 1. The van der Waals surface area contributed by atoms with Gasteiger partial charge in [-0.15, -0.1) is 6.58 Å². The fraction of sp³-hybridized carbons (Fsp3) is 0.421. The number of likely N-dealkylation sites (tertiary alicyclic amines) is 1. The van der Waals surface area contributed by atoms with Crippen molar-refractivity contribution in [3.8, 4) is 0 Å². The van der Waals surface area contributed by atoms with Crippen LogP contribution in [-0.2, 0) is 22.7 Å². The second-order valence-corrected chi connectivity index (χ2v) is 6.32. The van der Waals surface area contributed by atoms with Gasteiger partial charge in [0.1, 0.15) is 6.04 Å². The normalized spacial score (nSPS) is 17.9. The van der Waals surface area contributed by atoms with Crippen molar-refractivity contribution in [2.45, 2.75) is 44.8 Å². The summed E-state index contributed by atoms with van der Waals surface area (Å²) in [5.41, 5.74) is 2.25. The topological polar surface area (TPSA) is 98.2 Å². The van der Waals surface area contributed by atoms with Gasteiger partial charge in [0.05, 0.1) is 0 Å². The van der Waals surface area contributed by atoms with Crippen LogP contribution in [0.15, 0.2) is 36.9 Å². The van der Waals surface area contributed by atoms with E-state index in [1.165, 1.54) is 9.80 Å². The van der Waals surface area contributed by atoms with Crippen LogP contribution in [0.4, 0.5) is 4.79 Å². The van der Waals surface area contributed by atoms with Gasteiger partial charge in [-0.3, -0.25) is 9.69 Å². The van der Waals surface area contributed by atoms with E-state index in [4.69, 9.17) is 10.2 Å². The minimum atomic E-state index is -0.894. The fourth-order valence-electron chi connectivity index (χ4n) is 3.16. The van der Waals surface area contributed by atoms with E-state index in [0.717, 1.165) is 17.5 Å². The third kappa shape index (κ3) is 4.84. The lowest BCUT2D eigenvalue weighted by Gasteiger charge is -2.20. The zero-order valence-corrected chi connectivity index (χ0v) is 14.6. The molecule has 2 N–H and O–H groups in total. The Hall–Kier alpha value is -2.83. The van der Waals surface area contributed by atoms with Gasteiger partial charge in [-0.25, -0.2) is 9.59 Å². The molecule has 1 atom stereocenters. The van der Waals surface area contributed by atoms with E-state index in [2.05, 4.69) is 6.58 Å². The quantitative estimate of drug-likeness (QED) is 0.805. The van der Waals surface area contributed by atoms with Crippen molar-refractivity contribution in [3.05, 3.63) is 48.0 Å². The van der Waals surface area contributed by atoms with Crippen molar-refractivity contribution in [1.82, 2.24) is 9.80 Å². The molecule has 0 aromatic heterocycles. The summed E-state index contributed by atoms with van der Waals surface area (Å²) in [5.74, 6) is -0.968. The van der Waals surface area contributed by atoms with Crippen molar-refractivity contribution in [1.29, 1.82) is 0 Å². The van der Waals surface area contributed by atoms with Crippen LogP contribution in [0.25, 0.3) is 0 Å². The Morgan fingerprint density at radius 2 is 1.77 bits per heavy atom. The first kappa shape index (κ1) is 19.5. The number of carbonyl (C=O) groups is 3. The standard InChI is InChI=1S/C10H15NO3.C9H9NO2/c1-2-3-6-9(12)11-7-4-5-8(11)10(13)14;11-9(12)10-5-7-3-1-2-4-8(7)6-10/h2,8H,1,3-7H2,(H,13,14);1-4H,5-6H2,(H,11,12). The maximum atomic E-state index is 11.5. The molecule has 2 amide bonds. The number of hydrogen-bond donors (Lipinski definition) is 2. The molecule has 0 radical (unpaired) electrons. The van der Waals surface area contributed by atoms with Crippen molar-refractivity contribution >= 4 is 18.0 Å². The van der Waals surface area contributed by atoms with Gasteiger partial charge < -0.3 is 15.1 Å². The molecule has 1 fully saturated rings. The number of rotatable bonds is 4. The van der Waals surface area contributed by atoms with Gasteiger partial charge in [-0.05, 0) is 30.4 Å². The molecule has 1 aromatic rings. The van der Waals surface area contributed by atoms with E-state index in [1.807, 2.05) is 24.3 Å². The molecule has 140 valence electrons. The lowest BCUT2D eigenvalue weighted by atomic mass is 10.1. The number of allylic oxidation sites excluding steroid dienone is 1. The molecule has 7 heteroatoms. The van der Waals surface area contributed by atoms with Crippen LogP contribution < -0.4 is 0 Å². The van der Waals surface area contributed by atoms with Crippen LogP contribution in [0.3, 0.4) is 0 Å². The van der Waals surface area contributed by atoms with Crippen LogP contribution in [0.1, 0.15) is 36.8 Å². The fourth-order valence-corrected chi connectivity index (χ4v) is 3.16. The predicted octanol–water partition coefficient (Wildman–Crippen LogP) is 2.71. The molecule has 3 rings (SSSR count). The molecule has 0 aliphatic carbocycles. The average Bonchev–Trinajstić information content (AvgIpc) is 3.26. The summed E-state index contributed by atoms with van der Waals surface area (Å²) in [4.78, 5) is 35.8. The van der Waals surface area contributed by atoms with Crippen LogP contribution >= 0.6 is 0 Å². The summed E-state index contributed by atoms with van der Waals surface area (Å²) in [6.07, 6.45) is 3.18. The smallest absolute Gasteiger partial charge is 0.407 e. The Balaban J connectivity index is 0.000000189. The maximum Gasteiger partial charge on any atom is 0.407 e. The monoisotopic (exact) mass is 360 g/mol. The average molecular weight is 360 g/mol. The highest BCUT2D eigenvalue weighted by Gasteiger charge is 2.33. The van der Waals surface area contributed by atoms with E-state index >= 15 is 0 Å². The number of hydrogen-bond acceptors (Lipinski definition) is 3. The highest BCUT2D eigenvalue weighted by Crippen LogP contribution is 2.21. The Morgan fingerprint density at radius 3 is 2.27 bits per heavy atom. The minimum absolute atomic E-state index is 0.0743. The second-order valence-electron chi connectivity index (χ2n) is 6.32. The van der Waals surface area contributed by atoms with Crippen LogP contribution in [0, 0.1) is 0 Å². The molecule has 2 heterocycles. The first-order valence-electron chi connectivity index (χ1n) is 8.62. The molecular formula is C19H24N2O5. The predicted molar refractivity (Wildman–Crippen MR) is 95.5 cm³/mol. The molecular weight excluding hydrogens is 336 g/mol. The largest absolute Gasteiger partial charge is 0.480 e. The third-order valence-electron chi connectivity index (χ3n) is 4.53. The Labute approximate surface area is 152 Å². The summed E-state index contributed by atoms with van der Waals surface area (Å²) in [6, 6.07) is 7.21. The van der Waals surface area contributed by atoms with Gasteiger partial charge in [0.25, 0.3) is 0 Å². The van der Waals surface area contributed by atoms with Crippen LogP contribution in [0.5, 0.6) is 0 Å². The Bertz CT molecular complexity index is 663. The third-order valence-corrected chi connectivity index (χ3v) is 4.53. The summed E-state index contributed by atoms with van der Waals surface area (Å²) in [5, 5.41) is 17.6. The summed E-state index contributed by atoms with van der Waals surface area (Å²) in [6.45, 7) is 5.17. The highest BCUT2D eigenvalue weighted by molar-refractivity contribution is 5.84. The first-order chi connectivity index (χ1) is 12.4. The van der Waals surface area contributed by atoms with Gasteiger partial charge in [0.15, 0.2) is 0 Å². The lowest BCUT2D eigenvalue weighted by Crippen LogP contribution is -2.40. The summed E-state index contributed by atoms with van der Waals surface area (Å²) in [7, 11) is 0. The van der Waals surface area contributed by atoms with Gasteiger partial charge in [0, 0.05) is 26.1 Å². The van der Waals surface area contributed by atoms with Gasteiger partial charge in [0.2, 0.25) is 5.91 Å². The molecule has 0 bridgehead atoms. The lowest BCUT2D eigenvalue weighted by molar-refractivity contribution is -0.148. The van der Waals surface area contributed by atoms with E-state index in [1.54, 1.807) is 6.08 Å². The van der Waals surface area contributed by atoms with Gasteiger partial charge in [-0.1, -0.05) is 30.3 Å². The van der Waals surface area contributed by atoms with E-state index in [9.17, 15) is 14.4 Å². The number of carbonyl (C=O) groups excluding carboxylic acids is 1. The van der Waals surface area contributed by atoms with Crippen molar-refractivity contribution in [2.75, 3.05) is 6.54 Å². The van der Waals surface area contributed by atoms with Crippen molar-refractivity contribution < 1.29 is 24.6 Å². The Morgan fingerprint density at radius 1 is 1.15 bits per heavy atom. The number of benzene rings is 1. The van der Waals surface area contributed by atoms with Gasteiger partial charge >= 0.3 is 12.1 Å². The molecule has 1 saturated heterocycles. The number of nitrogens with zero attached hydrogens (tertiary/aromatic N) is 2. The van der Waals surface area contributed by atoms with Gasteiger partial charge in [-0.2, -0.15) is 0 Å². The molecule has 2 aliphatic heterocycles. The number of carboxylic acids is 1. The zero-order valence-electron chi connectivity index (χ0n) is 14.6.